The highest BCUT2D eigenvalue weighted by atomic mass is 16.6. The van der Waals surface area contributed by atoms with Gasteiger partial charge in [0.05, 0.1) is 0 Å². The van der Waals surface area contributed by atoms with Crippen LogP contribution in [0.3, 0.4) is 0 Å². The van der Waals surface area contributed by atoms with Crippen molar-refractivity contribution in [3.05, 3.63) is 48.0 Å². The van der Waals surface area contributed by atoms with Gasteiger partial charge in [-0.15, -0.1) is 0 Å². The van der Waals surface area contributed by atoms with Gasteiger partial charge in [0.25, 0.3) is 0 Å². The molecule has 1 aromatic carbocycles. The van der Waals surface area contributed by atoms with Crippen molar-refractivity contribution in [3.8, 4) is 11.5 Å². The van der Waals surface area contributed by atoms with Gasteiger partial charge in [0.15, 0.2) is 23.4 Å². The van der Waals surface area contributed by atoms with Crippen LogP contribution in [-0.2, 0) is 6.54 Å². The van der Waals surface area contributed by atoms with Gasteiger partial charge in [0.2, 0.25) is 0 Å². The van der Waals surface area contributed by atoms with Crippen molar-refractivity contribution in [2.45, 2.75) is 32.5 Å². The van der Waals surface area contributed by atoms with E-state index in [9.17, 15) is 0 Å². The number of para-hydroxylation sites is 2. The first-order valence-corrected chi connectivity index (χ1v) is 7.15. The predicted octanol–water partition coefficient (Wildman–Crippen LogP) is 2.49. The van der Waals surface area contributed by atoms with Crippen LogP contribution < -0.4 is 14.8 Å². The first-order valence-electron chi connectivity index (χ1n) is 7.15. The topological polar surface area (TPSA) is 56.3 Å². The molecule has 2 aromatic rings. The Morgan fingerprint density at radius 1 is 1.19 bits per heavy atom. The lowest BCUT2D eigenvalue weighted by Crippen LogP contribution is -2.24. The Kier molecular flexibility index (Phi) is 4.01. The van der Waals surface area contributed by atoms with E-state index < -0.39 is 0 Å². The molecule has 1 aliphatic heterocycles. The summed E-state index contributed by atoms with van der Waals surface area (Å²) in [6.45, 7) is 5.42. The lowest BCUT2D eigenvalue weighted by molar-refractivity contribution is 0.0850. The SMILES string of the molecule is CC(C)NCc1cnc(C2COc3ccccc3O2)nc1. The minimum Gasteiger partial charge on any atom is -0.485 e. The van der Waals surface area contributed by atoms with Gasteiger partial charge in [0, 0.05) is 30.5 Å². The molecule has 0 bridgehead atoms. The maximum absolute atomic E-state index is 5.89. The van der Waals surface area contributed by atoms with E-state index >= 15 is 0 Å². The van der Waals surface area contributed by atoms with Crippen LogP contribution in [0.25, 0.3) is 0 Å². The summed E-state index contributed by atoms with van der Waals surface area (Å²) in [5.41, 5.74) is 1.06. The number of nitrogens with zero attached hydrogens (tertiary/aromatic N) is 2. The van der Waals surface area contributed by atoms with Crippen LogP contribution in [0.4, 0.5) is 0 Å². The van der Waals surface area contributed by atoms with Crippen molar-refractivity contribution in [3.63, 3.8) is 0 Å². The van der Waals surface area contributed by atoms with E-state index in [-0.39, 0.29) is 6.10 Å². The number of rotatable bonds is 4. The summed E-state index contributed by atoms with van der Waals surface area (Å²) in [6, 6.07) is 8.08. The summed E-state index contributed by atoms with van der Waals surface area (Å²) < 4.78 is 11.6. The highest BCUT2D eigenvalue weighted by Gasteiger charge is 2.24. The fraction of sp³-hybridized carbons (Fsp3) is 0.375. The number of benzene rings is 1. The lowest BCUT2D eigenvalue weighted by atomic mass is 10.2. The number of fused-ring (bicyclic) bond motifs is 1. The molecule has 5 heteroatoms. The molecule has 0 aliphatic carbocycles. The van der Waals surface area contributed by atoms with Crippen LogP contribution in [0, 0.1) is 0 Å². The third-order valence-corrected chi connectivity index (χ3v) is 3.24. The average molecular weight is 285 g/mol. The van der Waals surface area contributed by atoms with Crippen molar-refractivity contribution in [1.82, 2.24) is 15.3 Å². The van der Waals surface area contributed by atoms with Crippen LogP contribution in [0.5, 0.6) is 11.5 Å². The molecule has 0 spiro atoms. The zero-order chi connectivity index (χ0) is 14.7. The number of aromatic nitrogens is 2. The third kappa shape index (κ3) is 3.31. The Balaban J connectivity index is 1.68. The number of ether oxygens (including phenoxy) is 2. The van der Waals surface area contributed by atoms with Crippen LogP contribution in [0.2, 0.25) is 0 Å². The molecule has 3 rings (SSSR count). The number of hydrogen-bond acceptors (Lipinski definition) is 5. The summed E-state index contributed by atoms with van der Waals surface area (Å²) >= 11 is 0. The second-order valence-corrected chi connectivity index (χ2v) is 5.35. The summed E-state index contributed by atoms with van der Waals surface area (Å²) in [5.74, 6) is 2.16. The third-order valence-electron chi connectivity index (χ3n) is 3.24. The molecule has 1 aromatic heterocycles. The molecule has 0 saturated heterocycles. The van der Waals surface area contributed by atoms with Gasteiger partial charge in [-0.3, -0.25) is 0 Å². The van der Waals surface area contributed by atoms with E-state index in [4.69, 9.17) is 9.47 Å². The van der Waals surface area contributed by atoms with Gasteiger partial charge in [-0.2, -0.15) is 0 Å². The van der Waals surface area contributed by atoms with Gasteiger partial charge < -0.3 is 14.8 Å². The predicted molar refractivity (Wildman–Crippen MR) is 79.3 cm³/mol. The summed E-state index contributed by atoms with van der Waals surface area (Å²) in [7, 11) is 0. The molecule has 2 heterocycles. The van der Waals surface area contributed by atoms with E-state index in [0.717, 1.165) is 23.6 Å². The molecule has 1 N–H and O–H groups in total. The van der Waals surface area contributed by atoms with Gasteiger partial charge >= 0.3 is 0 Å². The van der Waals surface area contributed by atoms with Crippen LogP contribution in [0.1, 0.15) is 31.3 Å². The fourth-order valence-electron chi connectivity index (χ4n) is 2.09. The molecular formula is C16H19N3O2. The Hall–Kier alpha value is -2.14. The van der Waals surface area contributed by atoms with Gasteiger partial charge in [-0.05, 0) is 12.1 Å². The Labute approximate surface area is 124 Å². The second-order valence-electron chi connectivity index (χ2n) is 5.35. The molecular weight excluding hydrogens is 266 g/mol. The van der Waals surface area contributed by atoms with Crippen molar-refractivity contribution < 1.29 is 9.47 Å². The Morgan fingerprint density at radius 2 is 1.90 bits per heavy atom. The van der Waals surface area contributed by atoms with E-state index in [0.29, 0.717) is 18.5 Å². The van der Waals surface area contributed by atoms with E-state index in [1.54, 1.807) is 0 Å². The zero-order valence-electron chi connectivity index (χ0n) is 12.2. The van der Waals surface area contributed by atoms with Crippen molar-refractivity contribution in [2.24, 2.45) is 0 Å². The number of hydrogen-bond donors (Lipinski definition) is 1. The highest BCUT2D eigenvalue weighted by molar-refractivity contribution is 5.40. The molecule has 1 unspecified atom stereocenters. The standard InChI is InChI=1S/C16H19N3O2/c1-11(2)17-7-12-8-18-16(19-9-12)15-10-20-13-5-3-4-6-14(13)21-15/h3-6,8-9,11,15,17H,7,10H2,1-2H3. The second kappa shape index (κ2) is 6.10. The van der Waals surface area contributed by atoms with E-state index in [1.807, 2.05) is 36.7 Å². The summed E-state index contributed by atoms with van der Waals surface area (Å²) in [5, 5.41) is 3.34. The van der Waals surface area contributed by atoms with Crippen molar-refractivity contribution in [1.29, 1.82) is 0 Å². The van der Waals surface area contributed by atoms with Crippen molar-refractivity contribution >= 4 is 0 Å². The first kappa shape index (κ1) is 13.8. The Bertz CT molecular complexity index is 599. The normalized spacial score (nSPS) is 17.0. The van der Waals surface area contributed by atoms with Crippen LogP contribution >= 0.6 is 0 Å². The highest BCUT2D eigenvalue weighted by Crippen LogP contribution is 2.34. The first-order chi connectivity index (χ1) is 10.2. The van der Waals surface area contributed by atoms with Gasteiger partial charge in [-0.1, -0.05) is 26.0 Å². The summed E-state index contributed by atoms with van der Waals surface area (Å²) in [4.78, 5) is 8.79. The smallest absolute Gasteiger partial charge is 0.192 e. The minimum absolute atomic E-state index is 0.257. The monoisotopic (exact) mass is 285 g/mol. The lowest BCUT2D eigenvalue weighted by Gasteiger charge is -2.25. The van der Waals surface area contributed by atoms with Crippen molar-refractivity contribution in [2.75, 3.05) is 6.61 Å². The molecule has 0 saturated carbocycles. The quantitative estimate of drug-likeness (QED) is 0.935. The molecule has 110 valence electrons. The molecule has 1 aliphatic rings. The largest absolute Gasteiger partial charge is 0.485 e. The summed E-state index contributed by atoms with van der Waals surface area (Å²) in [6.07, 6.45) is 3.41. The van der Waals surface area contributed by atoms with Crippen LogP contribution in [0.15, 0.2) is 36.7 Å². The van der Waals surface area contributed by atoms with Gasteiger partial charge in [-0.25, -0.2) is 9.97 Å². The Morgan fingerprint density at radius 3 is 2.62 bits per heavy atom. The maximum atomic E-state index is 5.89. The minimum atomic E-state index is -0.257. The van der Waals surface area contributed by atoms with E-state index in [1.165, 1.54) is 0 Å². The average Bonchev–Trinajstić information content (AvgIpc) is 2.53. The molecule has 5 nitrogen and oxygen atoms in total. The van der Waals surface area contributed by atoms with E-state index in [2.05, 4.69) is 29.1 Å². The zero-order valence-corrected chi connectivity index (χ0v) is 12.2. The number of nitrogens with one attached hydrogen (secondary N) is 1. The molecule has 0 fully saturated rings. The molecule has 0 radical (unpaired) electrons. The van der Waals surface area contributed by atoms with Gasteiger partial charge in [0.1, 0.15) is 6.61 Å². The van der Waals surface area contributed by atoms with Crippen LogP contribution in [-0.4, -0.2) is 22.6 Å². The maximum Gasteiger partial charge on any atom is 0.192 e. The molecule has 21 heavy (non-hydrogen) atoms. The molecule has 1 atom stereocenters. The molecule has 0 amide bonds. The fourth-order valence-corrected chi connectivity index (χ4v) is 2.09.